The van der Waals surface area contributed by atoms with E-state index in [2.05, 4.69) is 623 Å². The minimum atomic E-state index is 1.10. The number of nitrogens with zero attached hydrogens (tertiary/aromatic N) is 6. The van der Waals surface area contributed by atoms with E-state index in [1.54, 1.807) is 0 Å². The topological polar surface area (TPSA) is 24.5 Å². The van der Waals surface area contributed by atoms with Crippen molar-refractivity contribution in [3.05, 3.63) is 595 Å². The zero-order valence-electron chi connectivity index (χ0n) is 82.3. The van der Waals surface area contributed by atoms with Crippen molar-refractivity contribution in [1.29, 1.82) is 0 Å². The molecule has 0 atom stereocenters. The summed E-state index contributed by atoms with van der Waals surface area (Å²) < 4.78 is 7.14. The van der Waals surface area contributed by atoms with Crippen molar-refractivity contribution >= 4 is 181 Å². The highest BCUT2D eigenvalue weighted by atomic mass is 15.2. The molecule has 0 bridgehead atoms. The summed E-state index contributed by atoms with van der Waals surface area (Å²) in [5, 5.41) is 22.6. The van der Waals surface area contributed by atoms with Gasteiger partial charge in [-0.3, -0.25) is 0 Å². The number of anilines is 9. The summed E-state index contributed by atoms with van der Waals surface area (Å²) >= 11 is 0. The van der Waals surface area contributed by atoms with Gasteiger partial charge in [0.2, 0.25) is 0 Å². The Morgan fingerprint density at radius 1 is 0.120 bits per heavy atom. The van der Waals surface area contributed by atoms with Crippen LogP contribution in [0.15, 0.2) is 595 Å². The van der Waals surface area contributed by atoms with Crippen LogP contribution in [0.2, 0.25) is 0 Å². The largest absolute Gasteiger partial charge is 0.310 e. The predicted octanol–water partition coefficient (Wildman–Crippen LogP) is 40.0. The molecule has 0 aliphatic carbocycles. The Hall–Kier alpha value is -19.9. The summed E-state index contributed by atoms with van der Waals surface area (Å²) in [6, 6.07) is 215. The lowest BCUT2D eigenvalue weighted by Gasteiger charge is -2.28. The van der Waals surface area contributed by atoms with Crippen molar-refractivity contribution in [3.8, 4) is 72.7 Å². The zero-order chi connectivity index (χ0) is 99.3. The summed E-state index contributed by atoms with van der Waals surface area (Å²) in [6.45, 7) is 0. The maximum absolute atomic E-state index is 2.41. The molecule has 3 aromatic heterocycles. The van der Waals surface area contributed by atoms with E-state index in [1.165, 1.54) is 191 Å². The first-order valence-corrected chi connectivity index (χ1v) is 51.5. The van der Waals surface area contributed by atoms with Gasteiger partial charge in [0.05, 0.1) is 38.8 Å². The highest BCUT2D eigenvalue weighted by Gasteiger charge is 2.25. The van der Waals surface area contributed by atoms with Gasteiger partial charge in [-0.2, -0.15) is 0 Å². The molecule has 0 saturated heterocycles. The Morgan fingerprint density at radius 2 is 0.380 bits per heavy atom. The van der Waals surface area contributed by atoms with Gasteiger partial charge in [0, 0.05) is 106 Å². The molecule has 0 aliphatic heterocycles. The maximum Gasteiger partial charge on any atom is 0.0619 e. The van der Waals surface area contributed by atoms with E-state index < -0.39 is 0 Å². The second kappa shape index (κ2) is 38.6. The van der Waals surface area contributed by atoms with Gasteiger partial charge in [0.15, 0.2) is 0 Å². The van der Waals surface area contributed by atoms with Gasteiger partial charge in [0.25, 0.3) is 0 Å². The monoisotopic (exact) mass is 1910 g/mol. The number of para-hydroxylation sites is 9. The quantitative estimate of drug-likeness (QED) is 0.0850. The molecule has 0 aliphatic rings. The first-order valence-electron chi connectivity index (χ1n) is 51.5. The molecule has 150 heavy (non-hydrogen) atoms. The number of rotatable bonds is 17. The third-order valence-electron chi connectivity index (χ3n) is 29.9. The van der Waals surface area contributed by atoms with E-state index in [1.807, 2.05) is 0 Å². The fourth-order valence-corrected chi connectivity index (χ4v) is 22.8. The van der Waals surface area contributed by atoms with Crippen LogP contribution in [0.1, 0.15) is 0 Å². The summed E-state index contributed by atoms with van der Waals surface area (Å²) in [5.74, 6) is 0. The van der Waals surface area contributed by atoms with Crippen LogP contribution in [0.25, 0.3) is 203 Å². The Morgan fingerprint density at radius 3 is 0.833 bits per heavy atom. The molecule has 0 spiro atoms. The van der Waals surface area contributed by atoms with Gasteiger partial charge in [-0.05, 0) is 285 Å². The Bertz CT molecular complexity index is 10100. The highest BCUT2D eigenvalue weighted by Crippen LogP contribution is 2.49. The third-order valence-corrected chi connectivity index (χ3v) is 29.9. The summed E-state index contributed by atoms with van der Waals surface area (Å²) in [6.07, 6.45) is 0. The van der Waals surface area contributed by atoms with Crippen LogP contribution in [0.4, 0.5) is 51.2 Å². The molecule has 704 valence electrons. The molecule has 29 rings (SSSR count). The van der Waals surface area contributed by atoms with Crippen molar-refractivity contribution < 1.29 is 0 Å². The van der Waals surface area contributed by atoms with E-state index in [4.69, 9.17) is 0 Å². The third kappa shape index (κ3) is 16.4. The minimum Gasteiger partial charge on any atom is -0.310 e. The Balaban J connectivity index is 0.000000111. The van der Waals surface area contributed by atoms with Crippen LogP contribution >= 0.6 is 0 Å². The van der Waals surface area contributed by atoms with Crippen molar-refractivity contribution in [1.82, 2.24) is 13.7 Å². The molecular formula is C144H98N6. The van der Waals surface area contributed by atoms with Crippen LogP contribution in [0, 0.1) is 0 Å². The Kier molecular flexibility index (Phi) is 22.9. The maximum atomic E-state index is 2.41. The number of benzene rings is 26. The van der Waals surface area contributed by atoms with E-state index in [9.17, 15) is 0 Å². The summed E-state index contributed by atoms with van der Waals surface area (Å²) in [7, 11) is 0. The number of hydrogen-bond acceptors (Lipinski definition) is 3. The molecule has 6 nitrogen and oxygen atoms in total. The van der Waals surface area contributed by atoms with E-state index in [0.717, 1.165) is 62.6 Å². The highest BCUT2D eigenvalue weighted by molar-refractivity contribution is 6.17. The van der Waals surface area contributed by atoms with E-state index in [0.29, 0.717) is 0 Å². The Labute approximate surface area is 870 Å². The van der Waals surface area contributed by atoms with Gasteiger partial charge in [-0.15, -0.1) is 0 Å². The molecule has 0 radical (unpaired) electrons. The van der Waals surface area contributed by atoms with Crippen LogP contribution in [0.3, 0.4) is 0 Å². The van der Waals surface area contributed by atoms with Gasteiger partial charge < -0.3 is 28.4 Å². The van der Waals surface area contributed by atoms with Crippen LogP contribution < -0.4 is 14.7 Å². The molecule has 29 aromatic rings. The molecule has 6 heteroatoms. The van der Waals surface area contributed by atoms with Gasteiger partial charge in [-0.1, -0.05) is 419 Å². The predicted molar refractivity (Wildman–Crippen MR) is 639 cm³/mol. The SMILES string of the molecule is c1ccc(-c2ccc(N(c3ccc(-c4cccc5c6ccccc6n(-c6ccccc6)c45)cc3)c3ccc4ccc5ccccc5c4c3)cc2)cc1.c1ccc(-c2ccccc2N(c2ccc(-c3ccc4c(c3)c3ccccc3n4-c3ccccc3)cc2)c2ccc3ccc4ccccc4c3c2)cc1.c1ccc(N(c2ccc(-c3ccc(-n4c5ccccc5c5ccccc54)cc3)cc2)c2ccc3ccc4ccccc4c3c2)cc1. The second-order valence-electron chi connectivity index (χ2n) is 38.6. The van der Waals surface area contributed by atoms with E-state index in [-0.39, 0.29) is 0 Å². The van der Waals surface area contributed by atoms with Gasteiger partial charge in [0.1, 0.15) is 0 Å². The fraction of sp³-hybridized carbons (Fsp3) is 0. The zero-order valence-corrected chi connectivity index (χ0v) is 82.3. The smallest absolute Gasteiger partial charge is 0.0619 e. The average Bonchev–Trinajstić information content (AvgIpc) is 1.56. The van der Waals surface area contributed by atoms with E-state index >= 15 is 0 Å². The van der Waals surface area contributed by atoms with Crippen LogP contribution in [-0.4, -0.2) is 13.7 Å². The standard InChI is InChI=1S/2C50H34N2.C44H30N2/c1-3-13-36(14-4-1)44-19-9-11-21-48(44)51(42-31-27-38-24-23-37-15-7-8-18-43(37)46(38)34-42)41-29-25-35(26-30-41)39-28-32-50-47(33-39)45-20-10-12-22-49(45)52(50)40-16-5-2-6-17-40;1-3-12-35(13-4-1)36-24-29-41(30-25-36)51(43-33-28-39-23-22-37-14-7-8-17-44(37)48(39)34-43)42-31-26-38(27-32-42)45-19-11-20-47-46-18-9-10-21-49(46)52(50(45)47)40-15-5-2-6-16-40;1-2-11-35(12-3-1)45(38-29-24-34-19-18-33-10-4-5-13-39(33)42(34)30-38)36-25-20-31(21-26-36)32-22-27-37(28-23-32)46-43-16-8-6-14-40(43)41-15-7-9-17-44(41)46/h2*1-34H;1-30H. The molecular weight excluding hydrogens is 1810 g/mol. The van der Waals surface area contributed by atoms with Crippen LogP contribution in [0.5, 0.6) is 0 Å². The molecule has 0 unspecified atom stereocenters. The fourth-order valence-electron chi connectivity index (χ4n) is 22.8. The van der Waals surface area contributed by atoms with Gasteiger partial charge in [-0.25, -0.2) is 0 Å². The lowest BCUT2D eigenvalue weighted by Crippen LogP contribution is -2.11. The summed E-state index contributed by atoms with van der Waals surface area (Å²) in [5.41, 5.74) is 32.8. The molecule has 0 amide bonds. The van der Waals surface area contributed by atoms with Crippen molar-refractivity contribution in [2.24, 2.45) is 0 Å². The molecule has 3 heterocycles. The average molecular weight is 1910 g/mol. The molecule has 0 saturated carbocycles. The molecule has 0 N–H and O–H groups in total. The summed E-state index contributed by atoms with van der Waals surface area (Å²) in [4.78, 5) is 7.13. The van der Waals surface area contributed by atoms with Crippen LogP contribution in [-0.2, 0) is 0 Å². The number of aromatic nitrogens is 3. The van der Waals surface area contributed by atoms with Crippen molar-refractivity contribution in [2.45, 2.75) is 0 Å². The normalized spacial score (nSPS) is 11.5. The van der Waals surface area contributed by atoms with Crippen molar-refractivity contribution in [2.75, 3.05) is 14.7 Å². The second-order valence-corrected chi connectivity index (χ2v) is 38.6. The lowest BCUT2D eigenvalue weighted by molar-refractivity contribution is 1.18. The number of hydrogen-bond donors (Lipinski definition) is 0. The lowest BCUT2D eigenvalue weighted by atomic mass is 9.99. The molecule has 0 fully saturated rings. The first kappa shape index (κ1) is 89.0. The van der Waals surface area contributed by atoms with Gasteiger partial charge >= 0.3 is 0 Å². The van der Waals surface area contributed by atoms with Crippen molar-refractivity contribution in [3.63, 3.8) is 0 Å². The number of fused-ring (bicyclic) bond motifs is 18. The first-order chi connectivity index (χ1) is 74.4. The molecule has 26 aromatic carbocycles. The minimum absolute atomic E-state index is 1.10.